The minimum Gasteiger partial charge on any atom is -0.473 e. The van der Waals surface area contributed by atoms with Gasteiger partial charge in [0.25, 0.3) is 0 Å². The van der Waals surface area contributed by atoms with Crippen molar-refractivity contribution in [1.29, 1.82) is 0 Å². The van der Waals surface area contributed by atoms with Gasteiger partial charge in [-0.3, -0.25) is 0 Å². The molecule has 62 heavy (non-hydrogen) atoms. The van der Waals surface area contributed by atoms with E-state index in [1.807, 2.05) is 42.6 Å². The van der Waals surface area contributed by atoms with Gasteiger partial charge in [0.05, 0.1) is 22.4 Å². The number of carbonyl (C=O) groups excluding carboxylic acids is 1. The minimum absolute atomic E-state index is 0.151. The first-order valence-corrected chi connectivity index (χ1v) is 22.6. The maximum Gasteiger partial charge on any atom is 0.237 e. The molecule has 0 bridgehead atoms. The quantitative estimate of drug-likeness (QED) is 0.135. The van der Waals surface area contributed by atoms with Crippen LogP contribution in [0.3, 0.4) is 0 Å². The molecule has 12 heteroatoms. The molecule has 6 aromatic rings. The number of carbonyl (C=O) groups is 1. The predicted octanol–water partition coefficient (Wildman–Crippen LogP) is 7.98. The first kappa shape index (κ1) is 41.3. The normalized spacial score (nSPS) is 18.4. The Labute approximate surface area is 364 Å². The molecule has 4 aliphatic rings. The number of aldehydes is 1. The molecular weight excluding hydrogens is 777 g/mol. The zero-order valence-electron chi connectivity index (χ0n) is 35.5. The van der Waals surface area contributed by atoms with Crippen LogP contribution in [0.2, 0.25) is 0 Å². The predicted molar refractivity (Wildman–Crippen MR) is 247 cm³/mol. The van der Waals surface area contributed by atoms with Crippen molar-refractivity contribution in [1.82, 2.24) is 19.9 Å². The Balaban J connectivity index is 0.000000158. The lowest BCUT2D eigenvalue weighted by molar-refractivity contribution is -0.111. The summed E-state index contributed by atoms with van der Waals surface area (Å²) in [5.41, 5.74) is 4.21. The van der Waals surface area contributed by atoms with E-state index >= 15 is 0 Å². The topological polar surface area (TPSA) is 120 Å². The number of benzene rings is 2. The summed E-state index contributed by atoms with van der Waals surface area (Å²) in [5, 5.41) is 11.8. The number of aliphatic hydroxyl groups excluding tert-OH is 1. The second kappa shape index (κ2) is 19.8. The summed E-state index contributed by atoms with van der Waals surface area (Å²) in [5.74, 6) is 4.15. The minimum atomic E-state index is 0.151. The fraction of sp³-hybridized carbons (Fsp3) is 0.420. The van der Waals surface area contributed by atoms with E-state index in [0.29, 0.717) is 11.8 Å². The van der Waals surface area contributed by atoms with Gasteiger partial charge in [0.15, 0.2) is 0 Å². The Hall–Kier alpha value is -6.01. The number of aliphatic hydroxyl groups is 1. The Morgan fingerprint density at radius 3 is 1.40 bits per heavy atom. The molecule has 0 unspecified atom stereocenters. The molecule has 4 fully saturated rings. The van der Waals surface area contributed by atoms with Gasteiger partial charge in [-0.15, -0.1) is 0 Å². The smallest absolute Gasteiger partial charge is 0.237 e. The van der Waals surface area contributed by atoms with E-state index in [9.17, 15) is 9.90 Å². The highest BCUT2D eigenvalue weighted by atomic mass is 16.5. The maximum atomic E-state index is 11.1. The highest BCUT2D eigenvalue weighted by Crippen LogP contribution is 2.34. The van der Waals surface area contributed by atoms with Crippen LogP contribution >= 0.6 is 0 Å². The number of nitrogens with zero attached hydrogens (tertiary/aromatic N) is 8. The number of hydrogen-bond donors (Lipinski definition) is 1. The molecule has 1 N–H and O–H groups in total. The van der Waals surface area contributed by atoms with Gasteiger partial charge < -0.3 is 39.0 Å². The van der Waals surface area contributed by atoms with Gasteiger partial charge in [-0.2, -0.15) is 0 Å². The van der Waals surface area contributed by atoms with Crippen LogP contribution in [0.1, 0.15) is 51.4 Å². The van der Waals surface area contributed by atoms with E-state index in [-0.39, 0.29) is 24.7 Å². The number of para-hydroxylation sites is 2. The Kier molecular flexibility index (Phi) is 13.2. The highest BCUT2D eigenvalue weighted by molar-refractivity contribution is 5.81. The number of fused-ring (bicyclic) bond motifs is 2. The molecule has 10 rings (SSSR count). The van der Waals surface area contributed by atoms with Gasteiger partial charge in [0, 0.05) is 114 Å². The molecule has 0 radical (unpaired) electrons. The van der Waals surface area contributed by atoms with Crippen molar-refractivity contribution in [2.24, 2.45) is 11.8 Å². The number of pyridine rings is 4. The van der Waals surface area contributed by atoms with Crippen LogP contribution < -0.4 is 29.1 Å². The molecule has 0 saturated carbocycles. The zero-order valence-corrected chi connectivity index (χ0v) is 35.5. The largest absolute Gasteiger partial charge is 0.473 e. The molecule has 4 saturated heterocycles. The van der Waals surface area contributed by atoms with E-state index in [1.54, 1.807) is 6.20 Å². The van der Waals surface area contributed by atoms with Crippen molar-refractivity contribution in [3.8, 4) is 11.8 Å². The molecule has 12 nitrogen and oxygen atoms in total. The van der Waals surface area contributed by atoms with Crippen LogP contribution in [-0.2, 0) is 4.79 Å². The second-order valence-electron chi connectivity index (χ2n) is 17.1. The first-order valence-electron chi connectivity index (χ1n) is 22.6. The summed E-state index contributed by atoms with van der Waals surface area (Å²) in [6.07, 6.45) is 12.6. The third-order valence-corrected chi connectivity index (χ3v) is 13.0. The lowest BCUT2D eigenvalue weighted by Gasteiger charge is -2.35. The molecule has 0 aliphatic carbocycles. The van der Waals surface area contributed by atoms with Gasteiger partial charge in [-0.25, -0.2) is 19.9 Å². The number of piperidine rings is 4. The highest BCUT2D eigenvalue weighted by Gasteiger charge is 2.28. The van der Waals surface area contributed by atoms with Crippen LogP contribution in [0.25, 0.3) is 21.8 Å². The van der Waals surface area contributed by atoms with Crippen molar-refractivity contribution < 1.29 is 19.4 Å². The lowest BCUT2D eigenvalue weighted by atomic mass is 9.97. The van der Waals surface area contributed by atoms with Crippen molar-refractivity contribution in [2.75, 3.05) is 78.6 Å². The molecule has 4 aliphatic heterocycles. The third-order valence-electron chi connectivity index (χ3n) is 13.0. The van der Waals surface area contributed by atoms with E-state index in [2.05, 4.69) is 90.2 Å². The fourth-order valence-corrected chi connectivity index (χ4v) is 9.24. The summed E-state index contributed by atoms with van der Waals surface area (Å²) >= 11 is 0. The standard InChI is InChI=1S/C25H30N4O2.C25H28N4O2/c2*30-18-19-9-14-28(15-10-19)23-6-3-13-26-25(23)31-21-11-16-29(17-12-21)24-8-7-20-4-1-2-5-22(20)27-24/h1-8,13,19,21,30H,9-12,14-18H2;1-8,13,18-19,21H,9-12,14-17H2. The van der Waals surface area contributed by atoms with Crippen molar-refractivity contribution in [2.45, 2.75) is 63.6 Å². The molecule has 0 spiro atoms. The van der Waals surface area contributed by atoms with Gasteiger partial charge in [0.1, 0.15) is 30.1 Å². The number of anilines is 4. The second-order valence-corrected chi connectivity index (χ2v) is 17.1. The van der Waals surface area contributed by atoms with Gasteiger partial charge >= 0.3 is 0 Å². The van der Waals surface area contributed by atoms with Gasteiger partial charge in [-0.1, -0.05) is 36.4 Å². The SMILES string of the molecule is O=CC1CCN(c2cccnc2OC2CCN(c3ccc4ccccc4n3)CC2)CC1.OCC1CCN(c2cccnc2OC2CCN(c3ccc4ccccc4n3)CC2)CC1. The molecule has 322 valence electrons. The molecule has 8 heterocycles. The van der Waals surface area contributed by atoms with E-state index in [1.165, 1.54) is 10.8 Å². The average molecular weight is 835 g/mol. The van der Waals surface area contributed by atoms with Crippen LogP contribution in [0, 0.1) is 11.8 Å². The number of aromatic nitrogens is 4. The van der Waals surface area contributed by atoms with Gasteiger partial charge in [0.2, 0.25) is 11.8 Å². The van der Waals surface area contributed by atoms with Crippen LogP contribution in [0.5, 0.6) is 11.8 Å². The van der Waals surface area contributed by atoms with Crippen LogP contribution in [0.15, 0.2) is 109 Å². The Bertz CT molecular complexity index is 2380. The summed E-state index contributed by atoms with van der Waals surface area (Å²) in [7, 11) is 0. The Morgan fingerprint density at radius 2 is 0.952 bits per heavy atom. The van der Waals surface area contributed by atoms with Crippen molar-refractivity contribution in [3.63, 3.8) is 0 Å². The summed E-state index contributed by atoms with van der Waals surface area (Å²) < 4.78 is 12.8. The molecule has 0 amide bonds. The first-order chi connectivity index (χ1) is 30.6. The fourth-order valence-electron chi connectivity index (χ4n) is 9.24. The summed E-state index contributed by atoms with van der Waals surface area (Å²) in [6, 6.07) is 33.2. The molecular formula is C50H58N8O4. The zero-order chi connectivity index (χ0) is 42.1. The molecule has 2 aromatic carbocycles. The van der Waals surface area contributed by atoms with Crippen molar-refractivity contribution >= 4 is 51.1 Å². The summed E-state index contributed by atoms with van der Waals surface area (Å²) in [4.78, 5) is 39.2. The van der Waals surface area contributed by atoms with Crippen LogP contribution in [-0.4, -0.2) is 103 Å². The van der Waals surface area contributed by atoms with E-state index < -0.39 is 0 Å². The number of ether oxygens (including phenoxy) is 2. The van der Waals surface area contributed by atoms with Crippen LogP contribution in [0.4, 0.5) is 23.0 Å². The van der Waals surface area contributed by atoms with E-state index in [4.69, 9.17) is 19.4 Å². The summed E-state index contributed by atoms with van der Waals surface area (Å²) in [6.45, 7) is 7.62. The molecule has 4 aromatic heterocycles. The van der Waals surface area contributed by atoms with E-state index in [0.717, 1.165) is 150 Å². The third kappa shape index (κ3) is 9.86. The van der Waals surface area contributed by atoms with Gasteiger partial charge in [-0.05, 0) is 92.3 Å². The maximum absolute atomic E-state index is 11.1. The lowest BCUT2D eigenvalue weighted by Crippen LogP contribution is -2.39. The number of rotatable bonds is 10. The molecule has 0 atom stereocenters. The Morgan fingerprint density at radius 1 is 0.516 bits per heavy atom. The number of hydrogen-bond acceptors (Lipinski definition) is 12. The van der Waals surface area contributed by atoms with Crippen molar-refractivity contribution in [3.05, 3.63) is 109 Å². The average Bonchev–Trinajstić information content (AvgIpc) is 3.35. The monoisotopic (exact) mass is 834 g/mol.